The highest BCUT2D eigenvalue weighted by atomic mass is 16.3. The highest BCUT2D eigenvalue weighted by Gasteiger charge is 2.29. The molecule has 1 aromatic heterocycles. The molecule has 2 heterocycles. The van der Waals surface area contributed by atoms with Crippen molar-refractivity contribution in [2.24, 2.45) is 0 Å². The summed E-state index contributed by atoms with van der Waals surface area (Å²) in [6, 6.07) is 14.9. The van der Waals surface area contributed by atoms with Crippen molar-refractivity contribution in [3.8, 4) is 0 Å². The molecule has 0 saturated carbocycles. The molecule has 4 rings (SSSR count). The van der Waals surface area contributed by atoms with Crippen LogP contribution < -0.4 is 0 Å². The Kier molecular flexibility index (Phi) is 4.47. The second kappa shape index (κ2) is 6.90. The fourth-order valence-corrected chi connectivity index (χ4v) is 3.73. The average molecular weight is 333 g/mol. The monoisotopic (exact) mass is 333 g/mol. The third-order valence-electron chi connectivity index (χ3n) is 5.11. The van der Waals surface area contributed by atoms with E-state index in [-0.39, 0.29) is 12.0 Å². The lowest BCUT2D eigenvalue weighted by Gasteiger charge is -2.36. The number of nitrogens with zero attached hydrogens (tertiary/aromatic N) is 3. The Bertz CT molecular complexity index is 862. The molecular weight excluding hydrogens is 310 g/mol. The molecule has 1 aliphatic heterocycles. The summed E-state index contributed by atoms with van der Waals surface area (Å²) in [4.78, 5) is 10.8. The fourth-order valence-electron chi connectivity index (χ4n) is 3.73. The van der Waals surface area contributed by atoms with Crippen LogP contribution in [-0.4, -0.2) is 39.2 Å². The summed E-state index contributed by atoms with van der Waals surface area (Å²) >= 11 is 0. The Morgan fingerprint density at radius 2 is 1.84 bits per heavy atom. The summed E-state index contributed by atoms with van der Waals surface area (Å²) in [5.74, 6) is 0.994. The minimum Gasteiger partial charge on any atom is -0.391 e. The molecular formula is C21H23N3O. The van der Waals surface area contributed by atoms with Crippen molar-refractivity contribution in [2.45, 2.75) is 31.9 Å². The van der Waals surface area contributed by atoms with E-state index in [1.165, 1.54) is 16.3 Å². The van der Waals surface area contributed by atoms with E-state index in [1.54, 1.807) is 0 Å². The Balaban J connectivity index is 1.46. The smallest absolute Gasteiger partial charge is 0.125 e. The number of aromatic nitrogens is 2. The molecule has 0 unspecified atom stereocenters. The maximum absolute atomic E-state index is 10.7. The molecule has 2 aromatic carbocycles. The number of benzene rings is 2. The van der Waals surface area contributed by atoms with Crippen molar-refractivity contribution in [1.29, 1.82) is 0 Å². The van der Waals surface area contributed by atoms with E-state index < -0.39 is 0 Å². The average Bonchev–Trinajstić information content (AvgIpc) is 2.63. The van der Waals surface area contributed by atoms with Crippen molar-refractivity contribution >= 4 is 10.8 Å². The van der Waals surface area contributed by atoms with Crippen LogP contribution in [0.4, 0.5) is 0 Å². The molecule has 0 bridgehead atoms. The highest BCUT2D eigenvalue weighted by Crippen LogP contribution is 2.31. The van der Waals surface area contributed by atoms with Crippen molar-refractivity contribution in [3.63, 3.8) is 0 Å². The van der Waals surface area contributed by atoms with Crippen molar-refractivity contribution < 1.29 is 5.11 Å². The highest BCUT2D eigenvalue weighted by molar-refractivity contribution is 5.83. The Morgan fingerprint density at radius 1 is 1.08 bits per heavy atom. The van der Waals surface area contributed by atoms with E-state index in [1.807, 2.05) is 19.3 Å². The maximum Gasteiger partial charge on any atom is 0.125 e. The van der Waals surface area contributed by atoms with Gasteiger partial charge < -0.3 is 5.11 Å². The molecule has 25 heavy (non-hydrogen) atoms. The largest absolute Gasteiger partial charge is 0.391 e. The number of hydrogen-bond donors (Lipinski definition) is 1. The van der Waals surface area contributed by atoms with Crippen LogP contribution in [0, 0.1) is 6.92 Å². The van der Waals surface area contributed by atoms with Crippen LogP contribution in [0.15, 0.2) is 54.9 Å². The zero-order chi connectivity index (χ0) is 17.2. The molecule has 4 heteroatoms. The van der Waals surface area contributed by atoms with Gasteiger partial charge in [-0.1, -0.05) is 42.5 Å². The van der Waals surface area contributed by atoms with Crippen LogP contribution in [0.25, 0.3) is 10.8 Å². The zero-order valence-corrected chi connectivity index (χ0v) is 14.5. The van der Waals surface area contributed by atoms with E-state index >= 15 is 0 Å². The molecule has 2 atom stereocenters. The number of hydrogen-bond acceptors (Lipinski definition) is 4. The molecule has 0 aliphatic carbocycles. The second-order valence-corrected chi connectivity index (χ2v) is 6.94. The van der Waals surface area contributed by atoms with E-state index in [9.17, 15) is 5.11 Å². The summed E-state index contributed by atoms with van der Waals surface area (Å²) in [6.45, 7) is 4.35. The van der Waals surface area contributed by atoms with Gasteiger partial charge in [-0.05, 0) is 36.2 Å². The third-order valence-corrected chi connectivity index (χ3v) is 5.11. The quantitative estimate of drug-likeness (QED) is 0.799. The minimum absolute atomic E-state index is 0.204. The molecule has 1 N–H and O–H groups in total. The van der Waals surface area contributed by atoms with Gasteiger partial charge in [0.15, 0.2) is 0 Å². The lowest BCUT2D eigenvalue weighted by Crippen LogP contribution is -2.42. The molecule has 3 aromatic rings. The van der Waals surface area contributed by atoms with E-state index in [0.29, 0.717) is 6.54 Å². The second-order valence-electron chi connectivity index (χ2n) is 6.94. The van der Waals surface area contributed by atoms with Crippen LogP contribution in [-0.2, 0) is 6.54 Å². The maximum atomic E-state index is 10.7. The number of rotatable bonds is 3. The van der Waals surface area contributed by atoms with Gasteiger partial charge in [0.05, 0.1) is 6.10 Å². The van der Waals surface area contributed by atoms with Crippen LogP contribution in [0.5, 0.6) is 0 Å². The summed E-state index contributed by atoms with van der Waals surface area (Å²) in [5, 5.41) is 13.2. The molecule has 1 saturated heterocycles. The van der Waals surface area contributed by atoms with Crippen molar-refractivity contribution in [2.75, 3.05) is 13.1 Å². The normalized spacial score (nSPS) is 21.5. The number of aliphatic hydroxyl groups is 1. The third kappa shape index (κ3) is 3.55. The van der Waals surface area contributed by atoms with E-state index in [4.69, 9.17) is 0 Å². The Hall–Kier alpha value is -2.30. The minimum atomic E-state index is -0.346. The summed E-state index contributed by atoms with van der Waals surface area (Å²) in [6.07, 6.45) is 4.38. The van der Waals surface area contributed by atoms with Crippen LogP contribution in [0.1, 0.15) is 29.3 Å². The predicted molar refractivity (Wildman–Crippen MR) is 99.4 cm³/mol. The number of aliphatic hydroxyl groups excluding tert-OH is 1. The van der Waals surface area contributed by atoms with Crippen molar-refractivity contribution in [1.82, 2.24) is 14.9 Å². The molecule has 4 nitrogen and oxygen atoms in total. The fraction of sp³-hybridized carbons (Fsp3) is 0.333. The molecule has 1 fully saturated rings. The number of piperidine rings is 1. The van der Waals surface area contributed by atoms with Crippen LogP contribution >= 0.6 is 0 Å². The molecule has 0 amide bonds. The van der Waals surface area contributed by atoms with Crippen LogP contribution in [0.2, 0.25) is 0 Å². The van der Waals surface area contributed by atoms with E-state index in [0.717, 1.165) is 30.9 Å². The number of likely N-dealkylation sites (tertiary alicyclic amines) is 1. The van der Waals surface area contributed by atoms with Gasteiger partial charge in [-0.3, -0.25) is 4.90 Å². The standard InChI is InChI=1S/C21H23N3O/c1-15-22-11-16(12-23-15)13-24-9-8-20(21(25)14-24)19-7-6-17-4-2-3-5-18(17)10-19/h2-7,10-12,20-21,25H,8-9,13-14H2,1H3/t20-,21+/m0/s1. The first-order valence-electron chi connectivity index (χ1n) is 8.86. The lowest BCUT2D eigenvalue weighted by atomic mass is 9.86. The zero-order valence-electron chi connectivity index (χ0n) is 14.5. The SMILES string of the molecule is Cc1ncc(CN2CC[C@@H](c3ccc4ccccc4c3)[C@H](O)C2)cn1. The van der Waals surface area contributed by atoms with E-state index in [2.05, 4.69) is 57.3 Å². The molecule has 0 spiro atoms. The molecule has 128 valence electrons. The van der Waals surface area contributed by atoms with Gasteiger partial charge in [0.25, 0.3) is 0 Å². The van der Waals surface area contributed by atoms with Gasteiger partial charge in [-0.25, -0.2) is 9.97 Å². The molecule has 0 radical (unpaired) electrons. The first-order chi connectivity index (χ1) is 12.2. The first kappa shape index (κ1) is 16.2. The molecule has 1 aliphatic rings. The lowest BCUT2D eigenvalue weighted by molar-refractivity contribution is 0.0476. The van der Waals surface area contributed by atoms with Gasteiger partial charge in [0.2, 0.25) is 0 Å². The van der Waals surface area contributed by atoms with Gasteiger partial charge in [-0.15, -0.1) is 0 Å². The summed E-state index contributed by atoms with van der Waals surface area (Å²) < 4.78 is 0. The van der Waals surface area contributed by atoms with Crippen molar-refractivity contribution in [3.05, 3.63) is 71.8 Å². The number of aryl methyl sites for hydroxylation is 1. The van der Waals surface area contributed by atoms with Gasteiger partial charge in [-0.2, -0.15) is 0 Å². The predicted octanol–water partition coefficient (Wildman–Crippen LogP) is 3.29. The van der Waals surface area contributed by atoms with Gasteiger partial charge in [0.1, 0.15) is 5.82 Å². The Morgan fingerprint density at radius 3 is 2.60 bits per heavy atom. The van der Waals surface area contributed by atoms with Gasteiger partial charge in [0, 0.05) is 37.0 Å². The topological polar surface area (TPSA) is 49.2 Å². The van der Waals surface area contributed by atoms with Gasteiger partial charge >= 0.3 is 0 Å². The summed E-state index contributed by atoms with van der Waals surface area (Å²) in [7, 11) is 0. The Labute approximate surface area is 148 Å². The first-order valence-corrected chi connectivity index (χ1v) is 8.86. The summed E-state index contributed by atoms with van der Waals surface area (Å²) in [5.41, 5.74) is 2.34. The number of β-amino-alcohol motifs (C(OH)–C–C–N with tert-alkyl or cyclic N) is 1. The van der Waals surface area contributed by atoms with Crippen LogP contribution in [0.3, 0.4) is 0 Å². The number of fused-ring (bicyclic) bond motifs is 1.